The molecule has 226 valence electrons. The molecule has 6 nitrogen and oxygen atoms in total. The zero-order chi connectivity index (χ0) is 30.3. The standard InChI is InChI=1S/C35H34Cl2FN5O/c1-17-23-15-28(26(12-18-7-8-18)42-35(44)19-9-10-19)43(33-21-14-27(33)40-16-21)34(23)24-13-20(4-3-11-39)29(31(38)32(24)41-17)22-5-2-6-25(36)30(22)37/h2,5-6,13,15,18-19,21,26-27,33,40H,3-4,7-10,12,14,16H2,1H3,(H,42,44)/t21-,26-,27-,33+/m1/s1. The average Bonchev–Trinajstić information content (AvgIpc) is 3.90. The van der Waals surface area contributed by atoms with Crippen molar-refractivity contribution in [2.24, 2.45) is 17.8 Å². The largest absolute Gasteiger partial charge is 0.348 e. The van der Waals surface area contributed by atoms with Gasteiger partial charge >= 0.3 is 0 Å². The summed E-state index contributed by atoms with van der Waals surface area (Å²) in [5.41, 5.74) is 4.64. The van der Waals surface area contributed by atoms with Gasteiger partial charge in [-0.05, 0) is 74.6 Å². The van der Waals surface area contributed by atoms with Crippen molar-refractivity contribution in [3.63, 3.8) is 0 Å². The van der Waals surface area contributed by atoms with Gasteiger partial charge in [0.05, 0.1) is 33.7 Å². The Balaban J connectivity index is 1.40. The first kappa shape index (κ1) is 28.3. The minimum atomic E-state index is -0.454. The number of aromatic nitrogens is 2. The van der Waals surface area contributed by atoms with Crippen LogP contribution in [0.3, 0.4) is 0 Å². The highest BCUT2D eigenvalue weighted by Crippen LogP contribution is 2.50. The third-order valence-electron chi connectivity index (χ3n) is 10.3. The van der Waals surface area contributed by atoms with Gasteiger partial charge in [0, 0.05) is 58.2 Å². The molecule has 2 saturated heterocycles. The summed E-state index contributed by atoms with van der Waals surface area (Å²) in [6, 6.07) is 12.1. The number of nitrogens with one attached hydrogen (secondary N) is 2. The van der Waals surface area contributed by atoms with Crippen LogP contribution >= 0.6 is 23.2 Å². The average molecular weight is 631 g/mol. The number of aryl methyl sites for hydroxylation is 2. The fourth-order valence-corrected chi connectivity index (χ4v) is 8.08. The molecule has 5 aliphatic rings. The summed E-state index contributed by atoms with van der Waals surface area (Å²) in [7, 11) is 0. The van der Waals surface area contributed by atoms with E-state index in [0.29, 0.717) is 46.0 Å². The molecule has 1 amide bonds. The van der Waals surface area contributed by atoms with E-state index in [1.54, 1.807) is 18.2 Å². The number of carbonyl (C=O) groups excluding carboxylic acids is 1. The molecule has 2 aliphatic heterocycles. The highest BCUT2D eigenvalue weighted by atomic mass is 35.5. The van der Waals surface area contributed by atoms with Gasteiger partial charge in [-0.2, -0.15) is 5.26 Å². The molecule has 4 heterocycles. The van der Waals surface area contributed by atoms with Crippen molar-refractivity contribution in [3.05, 3.63) is 63.1 Å². The van der Waals surface area contributed by atoms with Crippen LogP contribution in [0.5, 0.6) is 0 Å². The molecule has 4 aromatic rings. The van der Waals surface area contributed by atoms with E-state index in [1.807, 2.05) is 13.0 Å². The fourth-order valence-electron chi connectivity index (χ4n) is 7.69. The van der Waals surface area contributed by atoms with Gasteiger partial charge in [-0.25, -0.2) is 9.37 Å². The molecule has 3 saturated carbocycles. The van der Waals surface area contributed by atoms with Crippen molar-refractivity contribution in [1.29, 1.82) is 5.26 Å². The van der Waals surface area contributed by atoms with Gasteiger partial charge in [-0.15, -0.1) is 0 Å². The summed E-state index contributed by atoms with van der Waals surface area (Å²) >= 11 is 13.0. The third kappa shape index (κ3) is 4.60. The molecular formula is C35H34Cl2FN5O. The lowest BCUT2D eigenvalue weighted by molar-refractivity contribution is -0.123. The van der Waals surface area contributed by atoms with Crippen molar-refractivity contribution >= 4 is 50.9 Å². The number of nitrogens with zero attached hydrogens (tertiary/aromatic N) is 3. The molecule has 0 spiro atoms. The first-order valence-corrected chi connectivity index (χ1v) is 16.6. The number of carbonyl (C=O) groups is 1. The Morgan fingerprint density at radius 3 is 2.73 bits per heavy atom. The summed E-state index contributed by atoms with van der Waals surface area (Å²) in [6.07, 6.45) is 6.93. The lowest BCUT2D eigenvalue weighted by atomic mass is 9.79. The first-order valence-electron chi connectivity index (χ1n) is 15.9. The monoisotopic (exact) mass is 629 g/mol. The SMILES string of the molecule is Cc1nc2c(F)c(-c3cccc(Cl)c3Cl)c(CCC#N)cc2c2c1cc([C@@H](CC1CC1)NC(=O)C1CC1)n2[C@H]1[C@H]2CN[C@@H]1C2. The van der Waals surface area contributed by atoms with E-state index in [2.05, 4.69) is 27.3 Å². The molecule has 9 heteroatoms. The lowest BCUT2D eigenvalue weighted by Crippen LogP contribution is -2.41. The van der Waals surface area contributed by atoms with Crippen LogP contribution in [-0.4, -0.2) is 28.0 Å². The molecule has 2 bridgehead atoms. The Morgan fingerprint density at radius 1 is 1.23 bits per heavy atom. The zero-order valence-electron chi connectivity index (χ0n) is 24.6. The van der Waals surface area contributed by atoms with Crippen molar-refractivity contribution in [3.8, 4) is 17.2 Å². The van der Waals surface area contributed by atoms with Crippen LogP contribution in [-0.2, 0) is 11.2 Å². The van der Waals surface area contributed by atoms with Crippen LogP contribution < -0.4 is 10.6 Å². The number of benzene rings is 2. The molecule has 9 rings (SSSR count). The summed E-state index contributed by atoms with van der Waals surface area (Å²) in [4.78, 5) is 18.0. The van der Waals surface area contributed by atoms with E-state index >= 15 is 4.39 Å². The van der Waals surface area contributed by atoms with Gasteiger partial charge in [0.1, 0.15) is 5.52 Å². The number of nitriles is 1. The second kappa shape index (κ2) is 10.7. The van der Waals surface area contributed by atoms with E-state index in [-0.39, 0.29) is 40.9 Å². The second-order valence-electron chi connectivity index (χ2n) is 13.3. The first-order chi connectivity index (χ1) is 21.3. The van der Waals surface area contributed by atoms with Gasteiger partial charge in [0.2, 0.25) is 5.91 Å². The Hall–Kier alpha value is -3.18. The Labute approximate surface area is 265 Å². The Kier molecular flexibility index (Phi) is 6.90. The lowest BCUT2D eigenvalue weighted by Gasteiger charge is -2.39. The summed E-state index contributed by atoms with van der Waals surface area (Å²) < 4.78 is 19.4. The molecular weight excluding hydrogens is 596 g/mol. The minimum Gasteiger partial charge on any atom is -0.348 e. The maximum Gasteiger partial charge on any atom is 0.223 e. The predicted molar refractivity (Wildman–Crippen MR) is 171 cm³/mol. The maximum atomic E-state index is 16.9. The Bertz CT molecular complexity index is 1870. The molecule has 5 fully saturated rings. The highest BCUT2D eigenvalue weighted by Gasteiger charge is 2.49. The third-order valence-corrected chi connectivity index (χ3v) is 11.1. The maximum absolute atomic E-state index is 16.9. The molecule has 2 aromatic heterocycles. The van der Waals surface area contributed by atoms with Crippen LogP contribution in [0.25, 0.3) is 32.9 Å². The van der Waals surface area contributed by atoms with E-state index in [4.69, 9.17) is 28.2 Å². The van der Waals surface area contributed by atoms with Crippen molar-refractivity contribution < 1.29 is 9.18 Å². The smallest absolute Gasteiger partial charge is 0.223 e. The number of hydrogen-bond donors (Lipinski definition) is 2. The molecule has 44 heavy (non-hydrogen) atoms. The number of fused-ring (bicyclic) bond motifs is 4. The normalized spacial score (nSPS) is 23.1. The van der Waals surface area contributed by atoms with Crippen LogP contribution in [0.15, 0.2) is 30.3 Å². The van der Waals surface area contributed by atoms with E-state index in [0.717, 1.165) is 59.9 Å². The number of amides is 1. The number of pyridine rings is 1. The van der Waals surface area contributed by atoms with E-state index in [1.165, 1.54) is 12.8 Å². The number of rotatable bonds is 9. The summed E-state index contributed by atoms with van der Waals surface area (Å²) in [5.74, 6) is 0.901. The molecule has 0 unspecified atom stereocenters. The van der Waals surface area contributed by atoms with Gasteiger partial charge in [0.15, 0.2) is 5.82 Å². The molecule has 4 atom stereocenters. The highest BCUT2D eigenvalue weighted by molar-refractivity contribution is 6.43. The fraction of sp³-hybridized carbons (Fsp3) is 0.457. The van der Waals surface area contributed by atoms with Gasteiger partial charge in [-0.1, -0.05) is 48.2 Å². The molecule has 2 N–H and O–H groups in total. The van der Waals surface area contributed by atoms with Crippen LogP contribution in [0, 0.1) is 41.8 Å². The predicted octanol–water partition coefficient (Wildman–Crippen LogP) is 7.97. The van der Waals surface area contributed by atoms with Gasteiger partial charge < -0.3 is 15.2 Å². The molecule has 3 aliphatic carbocycles. The second-order valence-corrected chi connectivity index (χ2v) is 14.1. The zero-order valence-corrected chi connectivity index (χ0v) is 26.1. The van der Waals surface area contributed by atoms with E-state index < -0.39 is 5.82 Å². The van der Waals surface area contributed by atoms with Crippen LogP contribution in [0.1, 0.15) is 74.0 Å². The van der Waals surface area contributed by atoms with Crippen LogP contribution in [0.2, 0.25) is 10.0 Å². The van der Waals surface area contributed by atoms with Crippen molar-refractivity contribution in [2.45, 2.75) is 76.4 Å². The van der Waals surface area contributed by atoms with Gasteiger partial charge in [0.25, 0.3) is 0 Å². The quantitative estimate of drug-likeness (QED) is 0.197. The Morgan fingerprint density at radius 2 is 2.05 bits per heavy atom. The number of hydrogen-bond acceptors (Lipinski definition) is 4. The summed E-state index contributed by atoms with van der Waals surface area (Å²) in [6.45, 7) is 2.90. The number of halogens is 3. The molecule has 2 aromatic carbocycles. The van der Waals surface area contributed by atoms with Gasteiger partial charge in [-0.3, -0.25) is 4.79 Å². The van der Waals surface area contributed by atoms with Crippen LogP contribution in [0.4, 0.5) is 4.39 Å². The minimum absolute atomic E-state index is 0.107. The van der Waals surface area contributed by atoms with Crippen molar-refractivity contribution in [2.75, 3.05) is 6.54 Å². The topological polar surface area (TPSA) is 82.7 Å². The molecule has 0 radical (unpaired) electrons. The summed E-state index contributed by atoms with van der Waals surface area (Å²) in [5, 5.41) is 19.0. The van der Waals surface area contributed by atoms with Crippen molar-refractivity contribution in [1.82, 2.24) is 20.2 Å². The van der Waals surface area contributed by atoms with E-state index in [9.17, 15) is 10.1 Å².